The first-order chi connectivity index (χ1) is 14.6. The van der Waals surface area contributed by atoms with Crippen LogP contribution in [0.2, 0.25) is 0 Å². The van der Waals surface area contributed by atoms with Gasteiger partial charge in [-0.3, -0.25) is 14.8 Å². The molecule has 0 bridgehead atoms. The van der Waals surface area contributed by atoms with Crippen molar-refractivity contribution in [3.63, 3.8) is 0 Å². The lowest BCUT2D eigenvalue weighted by atomic mass is 10.2. The molecule has 0 spiro atoms. The number of methoxy groups -OCH3 is 1. The summed E-state index contributed by atoms with van der Waals surface area (Å²) in [5.41, 5.74) is -0.0797. The molecule has 0 amide bonds. The number of morpholine rings is 1. The zero-order valence-electron chi connectivity index (χ0n) is 16.6. The minimum absolute atomic E-state index is 0.0535. The Morgan fingerprint density at radius 2 is 1.84 bits per heavy atom. The Balaban J connectivity index is 1.88. The van der Waals surface area contributed by atoms with Crippen LogP contribution in [0.4, 0.5) is 11.4 Å². The lowest BCUT2D eigenvalue weighted by Gasteiger charge is -2.26. The second kappa shape index (κ2) is 9.18. The maximum atomic E-state index is 12.9. The number of nitro groups is 1. The van der Waals surface area contributed by atoms with Gasteiger partial charge >= 0.3 is 0 Å². The standard InChI is InChI=1S/C18H21N3O8S2/c1-28-18-6-5-16(31(26,27)20-7-9-29-10-8-20)12-17(18)19-30(24,25)13-14-3-2-4-15(11-14)21(22)23/h2-6,11-12,19H,7-10,13H2,1H3. The number of ether oxygens (including phenoxy) is 2. The molecule has 13 heteroatoms. The van der Waals surface area contributed by atoms with Crippen LogP contribution in [0.3, 0.4) is 0 Å². The number of benzene rings is 2. The van der Waals surface area contributed by atoms with Crippen molar-refractivity contribution >= 4 is 31.4 Å². The number of nitro benzene ring substituents is 1. The number of rotatable bonds is 8. The van der Waals surface area contributed by atoms with Crippen LogP contribution in [-0.4, -0.2) is 59.5 Å². The molecular formula is C18H21N3O8S2. The van der Waals surface area contributed by atoms with E-state index in [1.807, 2.05) is 0 Å². The lowest BCUT2D eigenvalue weighted by molar-refractivity contribution is -0.384. The number of hydrogen-bond donors (Lipinski definition) is 1. The first-order valence-corrected chi connectivity index (χ1v) is 12.2. The van der Waals surface area contributed by atoms with Crippen LogP contribution in [0.15, 0.2) is 47.4 Å². The van der Waals surface area contributed by atoms with E-state index in [0.717, 1.165) is 6.07 Å². The van der Waals surface area contributed by atoms with Gasteiger partial charge in [-0.25, -0.2) is 16.8 Å². The van der Waals surface area contributed by atoms with E-state index in [-0.39, 0.29) is 53.9 Å². The molecule has 168 valence electrons. The summed E-state index contributed by atoms with van der Waals surface area (Å²) in [7, 11) is -6.56. The van der Waals surface area contributed by atoms with Gasteiger partial charge in [0.1, 0.15) is 5.75 Å². The zero-order chi connectivity index (χ0) is 22.6. The quantitative estimate of drug-likeness (QED) is 0.451. The van der Waals surface area contributed by atoms with E-state index in [1.54, 1.807) is 0 Å². The van der Waals surface area contributed by atoms with Crippen LogP contribution in [0.25, 0.3) is 0 Å². The molecular weight excluding hydrogens is 450 g/mol. The summed E-state index contributed by atoms with van der Waals surface area (Å²) in [6.07, 6.45) is 0. The van der Waals surface area contributed by atoms with Gasteiger partial charge < -0.3 is 9.47 Å². The van der Waals surface area contributed by atoms with E-state index in [1.165, 1.54) is 47.8 Å². The van der Waals surface area contributed by atoms with Gasteiger partial charge in [-0.2, -0.15) is 4.31 Å². The highest BCUT2D eigenvalue weighted by atomic mass is 32.2. The van der Waals surface area contributed by atoms with Crippen LogP contribution in [0.5, 0.6) is 5.75 Å². The number of nitrogens with one attached hydrogen (secondary N) is 1. The number of hydrogen-bond acceptors (Lipinski definition) is 8. The normalized spacial score (nSPS) is 15.4. The third kappa shape index (κ3) is 5.50. The van der Waals surface area contributed by atoms with Gasteiger partial charge in [-0.05, 0) is 23.8 Å². The van der Waals surface area contributed by atoms with E-state index < -0.39 is 30.7 Å². The first-order valence-electron chi connectivity index (χ1n) is 9.12. The van der Waals surface area contributed by atoms with Gasteiger partial charge in [0, 0.05) is 25.2 Å². The average molecular weight is 472 g/mol. The molecule has 0 aliphatic carbocycles. The molecule has 2 aromatic carbocycles. The SMILES string of the molecule is COc1ccc(S(=O)(=O)N2CCOCC2)cc1NS(=O)(=O)Cc1cccc([N+](=O)[O-])c1. The van der Waals surface area contributed by atoms with Crippen LogP contribution >= 0.6 is 0 Å². The fourth-order valence-electron chi connectivity index (χ4n) is 3.05. The Morgan fingerprint density at radius 3 is 2.48 bits per heavy atom. The molecule has 1 N–H and O–H groups in total. The van der Waals surface area contributed by atoms with Gasteiger partial charge in [-0.15, -0.1) is 0 Å². The Bertz CT molecular complexity index is 1180. The van der Waals surface area contributed by atoms with Crippen molar-refractivity contribution in [1.82, 2.24) is 4.31 Å². The molecule has 0 unspecified atom stereocenters. The van der Waals surface area contributed by atoms with Gasteiger partial charge in [0.2, 0.25) is 20.0 Å². The first kappa shape index (κ1) is 22.9. The minimum Gasteiger partial charge on any atom is -0.495 e. The molecule has 0 aromatic heterocycles. The molecule has 1 heterocycles. The van der Waals surface area contributed by atoms with E-state index in [0.29, 0.717) is 0 Å². The summed E-state index contributed by atoms with van der Waals surface area (Å²) in [4.78, 5) is 10.2. The highest BCUT2D eigenvalue weighted by Gasteiger charge is 2.27. The van der Waals surface area contributed by atoms with Gasteiger partial charge in [0.15, 0.2) is 0 Å². The fraction of sp³-hybridized carbons (Fsp3) is 0.333. The highest BCUT2D eigenvalue weighted by Crippen LogP contribution is 2.30. The van der Waals surface area contributed by atoms with Crippen LogP contribution in [-0.2, 0) is 30.5 Å². The number of anilines is 1. The molecule has 0 atom stereocenters. The van der Waals surface area contributed by atoms with E-state index in [9.17, 15) is 26.9 Å². The Hall–Kier alpha value is -2.74. The van der Waals surface area contributed by atoms with Crippen molar-refractivity contribution in [3.05, 3.63) is 58.1 Å². The fourth-order valence-corrected chi connectivity index (χ4v) is 5.67. The molecule has 2 aromatic rings. The van der Waals surface area contributed by atoms with Crippen molar-refractivity contribution in [2.24, 2.45) is 0 Å². The molecule has 1 fully saturated rings. The Labute approximate surface area is 179 Å². The topological polar surface area (TPSA) is 145 Å². The third-order valence-corrected chi connectivity index (χ3v) is 7.66. The van der Waals surface area contributed by atoms with Gasteiger partial charge in [0.05, 0.1) is 41.6 Å². The second-order valence-electron chi connectivity index (χ2n) is 6.67. The highest BCUT2D eigenvalue weighted by molar-refractivity contribution is 7.92. The summed E-state index contributed by atoms with van der Waals surface area (Å²) >= 11 is 0. The Morgan fingerprint density at radius 1 is 1.13 bits per heavy atom. The van der Waals surface area contributed by atoms with Gasteiger partial charge in [-0.1, -0.05) is 12.1 Å². The summed E-state index contributed by atoms with van der Waals surface area (Å²) in [5.74, 6) is -0.415. The van der Waals surface area contributed by atoms with E-state index in [2.05, 4.69) is 4.72 Å². The molecule has 1 saturated heterocycles. The molecule has 0 radical (unpaired) electrons. The van der Waals surface area contributed by atoms with Crippen LogP contribution in [0.1, 0.15) is 5.56 Å². The summed E-state index contributed by atoms with van der Waals surface area (Å²) in [6.45, 7) is 0.945. The number of nitrogens with zero attached hydrogens (tertiary/aromatic N) is 2. The second-order valence-corrected chi connectivity index (χ2v) is 10.3. The Kier molecular flexibility index (Phi) is 6.79. The molecule has 31 heavy (non-hydrogen) atoms. The van der Waals surface area contributed by atoms with Crippen molar-refractivity contribution in [3.8, 4) is 5.75 Å². The largest absolute Gasteiger partial charge is 0.495 e. The molecule has 1 aliphatic rings. The predicted molar refractivity (Wildman–Crippen MR) is 112 cm³/mol. The predicted octanol–water partition coefficient (Wildman–Crippen LogP) is 1.57. The zero-order valence-corrected chi connectivity index (χ0v) is 18.2. The molecule has 1 aliphatic heterocycles. The van der Waals surface area contributed by atoms with Crippen LogP contribution in [0, 0.1) is 10.1 Å². The summed E-state index contributed by atoms with van der Waals surface area (Å²) < 4.78 is 65.0. The maximum Gasteiger partial charge on any atom is 0.269 e. The van der Waals surface area contributed by atoms with Crippen molar-refractivity contribution in [2.45, 2.75) is 10.6 Å². The summed E-state index contributed by atoms with van der Waals surface area (Å²) in [6, 6.07) is 9.14. The molecule has 0 saturated carbocycles. The smallest absolute Gasteiger partial charge is 0.269 e. The van der Waals surface area contributed by atoms with Crippen molar-refractivity contribution in [2.75, 3.05) is 38.1 Å². The maximum absolute atomic E-state index is 12.9. The summed E-state index contributed by atoms with van der Waals surface area (Å²) in [5, 5.41) is 10.9. The lowest BCUT2D eigenvalue weighted by Crippen LogP contribution is -2.40. The van der Waals surface area contributed by atoms with E-state index in [4.69, 9.17) is 9.47 Å². The molecule has 11 nitrogen and oxygen atoms in total. The van der Waals surface area contributed by atoms with Gasteiger partial charge in [0.25, 0.3) is 5.69 Å². The van der Waals surface area contributed by atoms with Crippen molar-refractivity contribution in [1.29, 1.82) is 0 Å². The minimum atomic E-state index is -4.03. The number of sulfonamides is 2. The molecule has 3 rings (SSSR count). The third-order valence-electron chi connectivity index (χ3n) is 4.52. The van der Waals surface area contributed by atoms with E-state index >= 15 is 0 Å². The average Bonchev–Trinajstić information content (AvgIpc) is 2.73. The van der Waals surface area contributed by atoms with Crippen molar-refractivity contribution < 1.29 is 31.2 Å². The monoisotopic (exact) mass is 471 g/mol. The van der Waals surface area contributed by atoms with Crippen LogP contribution < -0.4 is 9.46 Å². The number of non-ortho nitro benzene ring substituents is 1.